The molecule has 0 saturated carbocycles. The summed E-state index contributed by atoms with van der Waals surface area (Å²) in [6.07, 6.45) is -0.326. The summed E-state index contributed by atoms with van der Waals surface area (Å²) in [6, 6.07) is 0. The summed E-state index contributed by atoms with van der Waals surface area (Å²) in [5, 5.41) is 3.23. The van der Waals surface area contributed by atoms with E-state index in [9.17, 15) is 4.79 Å². The Labute approximate surface area is 58.6 Å². The Hall–Kier alpha value is -1.22. The number of carbonyl (C=O) groups is 1. The molecule has 0 radical (unpaired) electrons. The molecule has 0 aromatic heterocycles. The van der Waals surface area contributed by atoms with Gasteiger partial charge in [-0.3, -0.25) is 4.79 Å². The van der Waals surface area contributed by atoms with Gasteiger partial charge >= 0.3 is 5.97 Å². The molecular formula is C5H9N3O2. The van der Waals surface area contributed by atoms with Gasteiger partial charge in [0, 0.05) is 11.8 Å². The molecule has 56 valence electrons. The SMILES string of the molecule is CC(=O)O[C@@H](C)CN=[N+]=[N-]. The zero-order chi connectivity index (χ0) is 7.98. The second-order valence-electron chi connectivity index (χ2n) is 1.83. The molecule has 0 aliphatic carbocycles. The molecule has 0 aromatic carbocycles. The van der Waals surface area contributed by atoms with Crippen molar-refractivity contribution in [2.24, 2.45) is 5.11 Å². The summed E-state index contributed by atoms with van der Waals surface area (Å²) in [7, 11) is 0. The van der Waals surface area contributed by atoms with Crippen LogP contribution in [0.15, 0.2) is 5.11 Å². The fourth-order valence-electron chi connectivity index (χ4n) is 0.472. The molecule has 0 N–H and O–H groups in total. The fraction of sp³-hybridized carbons (Fsp3) is 0.800. The van der Waals surface area contributed by atoms with E-state index in [1.165, 1.54) is 6.92 Å². The zero-order valence-electron chi connectivity index (χ0n) is 5.94. The predicted octanol–water partition coefficient (Wildman–Crippen LogP) is 1.25. The van der Waals surface area contributed by atoms with Crippen LogP contribution in [0.25, 0.3) is 10.4 Å². The van der Waals surface area contributed by atoms with Gasteiger partial charge in [0.25, 0.3) is 0 Å². The van der Waals surface area contributed by atoms with Gasteiger partial charge in [-0.25, -0.2) is 0 Å². The van der Waals surface area contributed by atoms with Crippen LogP contribution in [0.3, 0.4) is 0 Å². The number of hydrogen-bond acceptors (Lipinski definition) is 3. The number of rotatable bonds is 3. The fourth-order valence-corrected chi connectivity index (χ4v) is 0.472. The van der Waals surface area contributed by atoms with Crippen molar-refractivity contribution >= 4 is 5.97 Å². The van der Waals surface area contributed by atoms with Gasteiger partial charge in [-0.2, -0.15) is 0 Å². The number of carbonyl (C=O) groups excluding carboxylic acids is 1. The van der Waals surface area contributed by atoms with Crippen molar-refractivity contribution in [1.82, 2.24) is 0 Å². The van der Waals surface area contributed by atoms with Gasteiger partial charge in [-0.15, -0.1) is 0 Å². The van der Waals surface area contributed by atoms with Crippen LogP contribution in [0.1, 0.15) is 13.8 Å². The molecule has 0 aromatic rings. The molecule has 0 unspecified atom stereocenters. The lowest BCUT2D eigenvalue weighted by Crippen LogP contribution is -2.14. The largest absolute Gasteiger partial charge is 0.463 e. The molecule has 0 fully saturated rings. The average Bonchev–Trinajstić information content (AvgIpc) is 1.82. The Morgan fingerprint density at radius 1 is 1.90 bits per heavy atom. The van der Waals surface area contributed by atoms with E-state index >= 15 is 0 Å². The van der Waals surface area contributed by atoms with E-state index in [2.05, 4.69) is 14.8 Å². The van der Waals surface area contributed by atoms with Crippen molar-refractivity contribution in [2.45, 2.75) is 20.0 Å². The smallest absolute Gasteiger partial charge is 0.302 e. The number of nitrogens with zero attached hydrogens (tertiary/aromatic N) is 3. The highest BCUT2D eigenvalue weighted by atomic mass is 16.5. The zero-order valence-corrected chi connectivity index (χ0v) is 5.94. The third-order valence-electron chi connectivity index (χ3n) is 0.769. The molecule has 5 heteroatoms. The van der Waals surface area contributed by atoms with Crippen molar-refractivity contribution in [1.29, 1.82) is 0 Å². The number of ether oxygens (including phenoxy) is 1. The van der Waals surface area contributed by atoms with Crippen molar-refractivity contribution in [3.63, 3.8) is 0 Å². The van der Waals surface area contributed by atoms with Crippen molar-refractivity contribution in [3.05, 3.63) is 10.4 Å². The van der Waals surface area contributed by atoms with Crippen LogP contribution >= 0.6 is 0 Å². The highest BCUT2D eigenvalue weighted by Crippen LogP contribution is 1.91. The maximum absolute atomic E-state index is 10.3. The van der Waals surface area contributed by atoms with Gasteiger partial charge in [-0.1, -0.05) is 5.11 Å². The molecule has 0 aliphatic heterocycles. The summed E-state index contributed by atoms with van der Waals surface area (Å²) in [5.74, 6) is -0.361. The molecule has 0 saturated heterocycles. The third kappa shape index (κ3) is 4.93. The molecule has 0 aliphatic rings. The van der Waals surface area contributed by atoms with E-state index < -0.39 is 0 Å². The van der Waals surface area contributed by atoms with Crippen LogP contribution in [0.4, 0.5) is 0 Å². The predicted molar refractivity (Wildman–Crippen MR) is 35.2 cm³/mol. The van der Waals surface area contributed by atoms with E-state index in [4.69, 9.17) is 5.53 Å². The third-order valence-corrected chi connectivity index (χ3v) is 0.769. The van der Waals surface area contributed by atoms with Gasteiger partial charge in [0.2, 0.25) is 0 Å². The molecule has 0 amide bonds. The maximum atomic E-state index is 10.3. The Balaban J connectivity index is 3.52. The highest BCUT2D eigenvalue weighted by molar-refractivity contribution is 5.66. The summed E-state index contributed by atoms with van der Waals surface area (Å²) < 4.78 is 4.65. The van der Waals surface area contributed by atoms with Gasteiger partial charge < -0.3 is 4.74 Å². The standard InChI is InChI=1S/C5H9N3O2/c1-4(3-7-8-6)10-5(2)9/h4H,3H2,1-2H3/t4-/m0/s1. The Morgan fingerprint density at radius 3 is 2.90 bits per heavy atom. The van der Waals surface area contributed by atoms with Crippen LogP contribution in [-0.2, 0) is 9.53 Å². The minimum absolute atomic E-state index is 0.191. The summed E-state index contributed by atoms with van der Waals surface area (Å²) in [6.45, 7) is 3.17. The number of hydrogen-bond donors (Lipinski definition) is 0. The first-order chi connectivity index (χ1) is 4.66. The minimum Gasteiger partial charge on any atom is -0.463 e. The van der Waals surface area contributed by atoms with Crippen LogP contribution in [-0.4, -0.2) is 18.6 Å². The minimum atomic E-state index is -0.361. The van der Waals surface area contributed by atoms with E-state index in [0.717, 1.165) is 0 Å². The highest BCUT2D eigenvalue weighted by Gasteiger charge is 2.01. The lowest BCUT2D eigenvalue weighted by Gasteiger charge is -2.06. The summed E-state index contributed by atoms with van der Waals surface area (Å²) in [4.78, 5) is 12.8. The lowest BCUT2D eigenvalue weighted by atomic mass is 10.4. The molecule has 0 bridgehead atoms. The van der Waals surface area contributed by atoms with E-state index in [1.807, 2.05) is 0 Å². The van der Waals surface area contributed by atoms with E-state index in [1.54, 1.807) is 6.92 Å². The monoisotopic (exact) mass is 143 g/mol. The molecular weight excluding hydrogens is 134 g/mol. The van der Waals surface area contributed by atoms with Crippen LogP contribution in [0.2, 0.25) is 0 Å². The van der Waals surface area contributed by atoms with Crippen molar-refractivity contribution in [2.75, 3.05) is 6.54 Å². The normalized spacial score (nSPS) is 11.4. The second kappa shape index (κ2) is 4.64. The first kappa shape index (κ1) is 8.78. The van der Waals surface area contributed by atoms with Crippen molar-refractivity contribution in [3.8, 4) is 0 Å². The van der Waals surface area contributed by atoms with Gasteiger partial charge in [0.15, 0.2) is 0 Å². The second-order valence-corrected chi connectivity index (χ2v) is 1.83. The molecule has 1 atom stereocenters. The van der Waals surface area contributed by atoms with Crippen LogP contribution in [0, 0.1) is 0 Å². The quantitative estimate of drug-likeness (QED) is 0.258. The Morgan fingerprint density at radius 2 is 2.50 bits per heavy atom. The summed E-state index contributed by atoms with van der Waals surface area (Å²) in [5.41, 5.74) is 7.87. The molecule has 0 spiro atoms. The molecule has 0 heterocycles. The first-order valence-electron chi connectivity index (χ1n) is 2.85. The van der Waals surface area contributed by atoms with Crippen LogP contribution in [0.5, 0.6) is 0 Å². The van der Waals surface area contributed by atoms with E-state index in [0.29, 0.717) is 0 Å². The Bertz CT molecular complexity index is 158. The molecule has 10 heavy (non-hydrogen) atoms. The topological polar surface area (TPSA) is 75.1 Å². The summed E-state index contributed by atoms with van der Waals surface area (Å²) >= 11 is 0. The van der Waals surface area contributed by atoms with Gasteiger partial charge in [-0.05, 0) is 12.5 Å². The van der Waals surface area contributed by atoms with Gasteiger partial charge in [0.05, 0.1) is 6.54 Å². The van der Waals surface area contributed by atoms with E-state index in [-0.39, 0.29) is 18.6 Å². The van der Waals surface area contributed by atoms with Gasteiger partial charge in [0.1, 0.15) is 6.10 Å². The Kier molecular flexibility index (Phi) is 4.07. The number of azide groups is 1. The lowest BCUT2D eigenvalue weighted by molar-refractivity contribution is -0.144. The van der Waals surface area contributed by atoms with Crippen LogP contribution < -0.4 is 0 Å². The first-order valence-corrected chi connectivity index (χ1v) is 2.85. The molecule has 5 nitrogen and oxygen atoms in total. The average molecular weight is 143 g/mol. The number of esters is 1. The van der Waals surface area contributed by atoms with Crippen molar-refractivity contribution < 1.29 is 9.53 Å². The molecule has 0 rings (SSSR count). The maximum Gasteiger partial charge on any atom is 0.302 e.